The van der Waals surface area contributed by atoms with Gasteiger partial charge in [0.25, 0.3) is 0 Å². The smallest absolute Gasteiger partial charge is 0.411 e. The van der Waals surface area contributed by atoms with Gasteiger partial charge in [0.1, 0.15) is 0 Å². The normalized spacial score (nSPS) is 15.2. The molecule has 1 saturated heterocycles. The molecule has 1 aliphatic heterocycles. The molecule has 2 atom stereocenters. The van der Waals surface area contributed by atoms with Gasteiger partial charge in [0.15, 0.2) is 18.2 Å². The number of aliphatic hydroxyl groups is 2. The number of morpholine rings is 1. The molecule has 0 saturated carbocycles. The van der Waals surface area contributed by atoms with E-state index in [1.807, 2.05) is 29.6 Å². The number of amides is 1. The number of aromatic nitrogens is 2. The number of aliphatic hydroxyl groups excluding tert-OH is 2. The van der Waals surface area contributed by atoms with Crippen molar-refractivity contribution in [3.8, 4) is 11.1 Å². The van der Waals surface area contributed by atoms with Crippen molar-refractivity contribution in [2.75, 3.05) is 31.2 Å². The van der Waals surface area contributed by atoms with Crippen molar-refractivity contribution in [2.24, 2.45) is 10.7 Å². The Morgan fingerprint density at radius 3 is 2.14 bits per heavy atom. The molecule has 1 aromatic carbocycles. The van der Waals surface area contributed by atoms with Crippen molar-refractivity contribution < 1.29 is 44.7 Å². The number of guanidine groups is 1. The number of rotatable bonds is 7. The second-order valence-electron chi connectivity index (χ2n) is 7.27. The number of carboxylic acid groups (broad SMARTS) is 3. The van der Waals surface area contributed by atoms with E-state index < -0.39 is 30.2 Å². The van der Waals surface area contributed by atoms with E-state index in [1.54, 1.807) is 12.4 Å². The minimum Gasteiger partial charge on any atom is -0.479 e. The lowest BCUT2D eigenvalue weighted by Crippen LogP contribution is -2.39. The van der Waals surface area contributed by atoms with E-state index in [2.05, 4.69) is 19.9 Å². The zero-order valence-corrected chi connectivity index (χ0v) is 18.9. The minimum absolute atomic E-state index is 0.138. The first-order chi connectivity index (χ1) is 17.1. The summed E-state index contributed by atoms with van der Waals surface area (Å²) in [6.07, 6.45) is -2.19. The fraction of sp³-hybridized carbons (Fsp3) is 0.333. The molecular weight excluding hydrogens is 480 g/mol. The van der Waals surface area contributed by atoms with Gasteiger partial charge in [0.2, 0.25) is 5.95 Å². The number of ether oxygens (including phenoxy) is 1. The molecule has 8 N–H and O–H groups in total. The summed E-state index contributed by atoms with van der Waals surface area (Å²) in [6, 6.07) is 7.70. The predicted octanol–water partition coefficient (Wildman–Crippen LogP) is -1.06. The van der Waals surface area contributed by atoms with Crippen LogP contribution in [0.25, 0.3) is 11.1 Å². The van der Waals surface area contributed by atoms with Crippen LogP contribution in [0.4, 0.5) is 10.7 Å². The summed E-state index contributed by atoms with van der Waals surface area (Å²) in [4.78, 5) is 45.0. The van der Waals surface area contributed by atoms with Gasteiger partial charge >= 0.3 is 18.0 Å². The van der Waals surface area contributed by atoms with Gasteiger partial charge in [-0.3, -0.25) is 5.32 Å². The highest BCUT2D eigenvalue weighted by Crippen LogP contribution is 2.21. The lowest BCUT2D eigenvalue weighted by Gasteiger charge is -2.26. The number of anilines is 1. The van der Waals surface area contributed by atoms with Gasteiger partial charge in [0.05, 0.1) is 19.8 Å². The third-order valence-electron chi connectivity index (χ3n) is 4.66. The van der Waals surface area contributed by atoms with Crippen LogP contribution in [0.2, 0.25) is 0 Å². The lowest BCUT2D eigenvalue weighted by molar-refractivity contribution is -0.165. The lowest BCUT2D eigenvalue weighted by atomic mass is 10.1. The summed E-state index contributed by atoms with van der Waals surface area (Å²) < 4.78 is 5.33. The molecule has 0 bridgehead atoms. The number of carboxylic acids is 2. The van der Waals surface area contributed by atoms with E-state index in [0.29, 0.717) is 19.2 Å². The largest absolute Gasteiger partial charge is 0.479 e. The summed E-state index contributed by atoms with van der Waals surface area (Å²) >= 11 is 0. The summed E-state index contributed by atoms with van der Waals surface area (Å²) in [5.41, 5.74) is 8.23. The van der Waals surface area contributed by atoms with Crippen LogP contribution in [0.15, 0.2) is 41.7 Å². The van der Waals surface area contributed by atoms with E-state index in [0.717, 1.165) is 29.8 Å². The van der Waals surface area contributed by atoms with E-state index in [9.17, 15) is 14.4 Å². The molecular formula is C21H26N6O9. The average Bonchev–Trinajstić information content (AvgIpc) is 2.87. The highest BCUT2D eigenvalue weighted by molar-refractivity contribution is 5.92. The number of aliphatic imine (C=N–C) groups is 1. The molecule has 3 rings (SSSR count). The quantitative estimate of drug-likeness (QED) is 0.175. The number of benzene rings is 1. The molecule has 2 aromatic rings. The van der Waals surface area contributed by atoms with Crippen molar-refractivity contribution in [3.05, 3.63) is 42.2 Å². The molecule has 1 aliphatic rings. The van der Waals surface area contributed by atoms with Crippen molar-refractivity contribution in [2.45, 2.75) is 18.8 Å². The minimum atomic E-state index is -2.27. The van der Waals surface area contributed by atoms with Crippen LogP contribution in [-0.4, -0.2) is 98.0 Å². The number of hydrogen-bond donors (Lipinski definition) is 7. The van der Waals surface area contributed by atoms with Crippen molar-refractivity contribution in [1.29, 1.82) is 0 Å². The molecule has 15 heteroatoms. The van der Waals surface area contributed by atoms with E-state index in [-0.39, 0.29) is 12.5 Å². The number of nitrogens with zero attached hydrogens (tertiary/aromatic N) is 4. The van der Waals surface area contributed by atoms with Crippen molar-refractivity contribution in [3.63, 3.8) is 0 Å². The first-order valence-electron chi connectivity index (χ1n) is 10.4. The first-order valence-corrected chi connectivity index (χ1v) is 10.4. The Labute approximate surface area is 204 Å². The third-order valence-corrected chi connectivity index (χ3v) is 4.66. The summed E-state index contributed by atoms with van der Waals surface area (Å²) in [5.74, 6) is -2.98. The molecule has 194 valence electrons. The Kier molecular flexibility index (Phi) is 10.5. The van der Waals surface area contributed by atoms with Gasteiger partial charge in [-0.2, -0.15) is 0 Å². The van der Waals surface area contributed by atoms with Crippen LogP contribution in [0.1, 0.15) is 5.56 Å². The Morgan fingerprint density at radius 1 is 1.03 bits per heavy atom. The summed E-state index contributed by atoms with van der Waals surface area (Å²) in [5, 5.41) is 43.1. The number of nitrogens with one attached hydrogen (secondary N) is 1. The molecule has 1 amide bonds. The second kappa shape index (κ2) is 13.5. The fourth-order valence-electron chi connectivity index (χ4n) is 2.84. The standard InChI is InChI=1S/C17H20N6O3.C4H6O6/c18-15(22-17(24)25)19-9-12-2-1-3-13(8-12)14-10-20-16(21-11-14)23-4-6-26-7-5-23;5-1(3(7)8)2(6)4(9)10/h1-3,8,10-11H,4-7,9H2,(H,24,25)(H3,18,19,22);1-2,5-6H,(H,7,8)(H,9,10)/t;1-,2-/m.1/s1. The van der Waals surface area contributed by atoms with Gasteiger partial charge in [-0.1, -0.05) is 18.2 Å². The van der Waals surface area contributed by atoms with E-state index >= 15 is 0 Å². The van der Waals surface area contributed by atoms with Crippen molar-refractivity contribution >= 4 is 29.9 Å². The summed E-state index contributed by atoms with van der Waals surface area (Å²) in [7, 11) is 0. The van der Waals surface area contributed by atoms with E-state index in [1.165, 1.54) is 0 Å². The van der Waals surface area contributed by atoms with Crippen LogP contribution in [-0.2, 0) is 20.9 Å². The van der Waals surface area contributed by atoms with Crippen LogP contribution < -0.4 is 16.0 Å². The average molecular weight is 506 g/mol. The van der Waals surface area contributed by atoms with Gasteiger partial charge in [0, 0.05) is 31.0 Å². The van der Waals surface area contributed by atoms with Crippen LogP contribution >= 0.6 is 0 Å². The number of carbonyl (C=O) groups is 3. The highest BCUT2D eigenvalue weighted by Gasteiger charge is 2.29. The zero-order valence-electron chi connectivity index (χ0n) is 18.9. The Balaban J connectivity index is 0.000000388. The van der Waals surface area contributed by atoms with Gasteiger partial charge < -0.3 is 40.9 Å². The predicted molar refractivity (Wildman–Crippen MR) is 124 cm³/mol. The second-order valence-corrected chi connectivity index (χ2v) is 7.27. The first kappa shape index (κ1) is 27.9. The van der Waals surface area contributed by atoms with Crippen molar-refractivity contribution in [1.82, 2.24) is 15.3 Å². The molecule has 36 heavy (non-hydrogen) atoms. The maximum Gasteiger partial charge on any atom is 0.411 e. The number of nitrogens with two attached hydrogens (primary N) is 1. The Hall–Kier alpha value is -4.34. The molecule has 15 nitrogen and oxygen atoms in total. The summed E-state index contributed by atoms with van der Waals surface area (Å²) in [6.45, 7) is 3.23. The number of aliphatic carboxylic acids is 2. The maximum absolute atomic E-state index is 10.5. The number of hydrogen-bond acceptors (Lipinski definition) is 10. The fourth-order valence-corrected chi connectivity index (χ4v) is 2.84. The maximum atomic E-state index is 10.5. The molecule has 2 heterocycles. The highest BCUT2D eigenvalue weighted by atomic mass is 16.5. The van der Waals surface area contributed by atoms with Gasteiger partial charge in [-0.05, 0) is 17.2 Å². The SMILES string of the molecule is NC(=NCc1cccc(-c2cnc(N3CCOCC3)nc2)c1)NC(=O)O.O=C(O)[C@H](O)[C@@H](O)C(=O)O. The molecule has 0 unspecified atom stereocenters. The molecule has 1 aromatic heterocycles. The van der Waals surface area contributed by atoms with E-state index in [4.69, 9.17) is 36.0 Å². The topological polar surface area (TPSA) is 241 Å². The monoisotopic (exact) mass is 506 g/mol. The Bertz CT molecular complexity index is 1060. The van der Waals surface area contributed by atoms with Gasteiger partial charge in [-0.25, -0.2) is 29.3 Å². The molecule has 0 aliphatic carbocycles. The van der Waals surface area contributed by atoms with Crippen LogP contribution in [0.5, 0.6) is 0 Å². The van der Waals surface area contributed by atoms with Crippen LogP contribution in [0, 0.1) is 0 Å². The third kappa shape index (κ3) is 8.79. The molecule has 0 radical (unpaired) electrons. The Morgan fingerprint density at radius 2 is 1.61 bits per heavy atom. The molecule has 1 fully saturated rings. The van der Waals surface area contributed by atoms with Crippen LogP contribution in [0.3, 0.4) is 0 Å². The molecule has 0 spiro atoms. The zero-order chi connectivity index (χ0) is 26.7. The van der Waals surface area contributed by atoms with Gasteiger partial charge in [-0.15, -0.1) is 0 Å².